The van der Waals surface area contributed by atoms with Crippen molar-refractivity contribution in [3.8, 4) is 0 Å². The molecule has 0 aliphatic heterocycles. The fourth-order valence-electron chi connectivity index (χ4n) is 2.42. The summed E-state index contributed by atoms with van der Waals surface area (Å²) in [7, 11) is 0. The molecule has 1 atom stereocenters. The van der Waals surface area contributed by atoms with Crippen LogP contribution in [0.25, 0.3) is 10.8 Å². The van der Waals surface area contributed by atoms with Gasteiger partial charge in [-0.1, -0.05) is 36.4 Å². The molecule has 1 aromatic heterocycles. The van der Waals surface area contributed by atoms with E-state index in [0.717, 1.165) is 22.0 Å². The maximum absolute atomic E-state index is 12.2. The van der Waals surface area contributed by atoms with E-state index in [1.165, 1.54) is 0 Å². The Kier molecular flexibility index (Phi) is 4.01. The molecule has 0 aliphatic rings. The topological polar surface area (TPSA) is 54.0 Å². The van der Waals surface area contributed by atoms with E-state index in [-0.39, 0.29) is 12.1 Å². The molecule has 0 radical (unpaired) electrons. The molecule has 4 nitrogen and oxygen atoms in total. The molecule has 110 valence electrons. The molecule has 0 aliphatic carbocycles. The molecule has 0 unspecified atom stereocenters. The largest absolute Gasteiger partial charge is 0.331 e. The third kappa shape index (κ3) is 3.06. The van der Waals surface area contributed by atoms with Gasteiger partial charge in [0.2, 0.25) is 0 Å². The average Bonchev–Trinajstić information content (AvgIpc) is 2.56. The molecule has 3 aromatic rings. The van der Waals surface area contributed by atoms with Crippen LogP contribution in [0, 0.1) is 0 Å². The number of aromatic nitrogens is 1. The van der Waals surface area contributed by atoms with E-state index in [2.05, 4.69) is 15.6 Å². The summed E-state index contributed by atoms with van der Waals surface area (Å²) in [5.41, 5.74) is 1.82. The van der Waals surface area contributed by atoms with Crippen LogP contribution in [-0.2, 0) is 0 Å². The van der Waals surface area contributed by atoms with Crippen LogP contribution in [-0.4, -0.2) is 11.0 Å². The molecule has 4 heteroatoms. The Morgan fingerprint density at radius 2 is 1.73 bits per heavy atom. The molecule has 2 aromatic carbocycles. The second-order valence-electron chi connectivity index (χ2n) is 5.13. The van der Waals surface area contributed by atoms with Crippen LogP contribution in [0.2, 0.25) is 0 Å². The lowest BCUT2D eigenvalue weighted by Crippen LogP contribution is -2.31. The molecule has 3 rings (SSSR count). The summed E-state index contributed by atoms with van der Waals surface area (Å²) in [5, 5.41) is 7.98. The summed E-state index contributed by atoms with van der Waals surface area (Å²) in [5.74, 6) is 0. The van der Waals surface area contributed by atoms with Crippen LogP contribution >= 0.6 is 0 Å². The summed E-state index contributed by atoms with van der Waals surface area (Å²) in [6, 6.07) is 17.3. The van der Waals surface area contributed by atoms with Crippen molar-refractivity contribution in [2.24, 2.45) is 0 Å². The van der Waals surface area contributed by atoms with Crippen LogP contribution in [0.3, 0.4) is 0 Å². The van der Waals surface area contributed by atoms with Crippen molar-refractivity contribution in [1.29, 1.82) is 0 Å². The predicted octanol–water partition coefficient (Wildman–Crippen LogP) is 4.12. The number of pyridine rings is 1. The number of rotatable bonds is 3. The Hall–Kier alpha value is -2.88. The zero-order chi connectivity index (χ0) is 15.4. The minimum absolute atomic E-state index is 0.0852. The molecule has 0 saturated carbocycles. The predicted molar refractivity (Wildman–Crippen MR) is 88.8 cm³/mol. The first-order chi connectivity index (χ1) is 10.7. The quantitative estimate of drug-likeness (QED) is 0.762. The number of fused-ring (bicyclic) bond motifs is 1. The van der Waals surface area contributed by atoms with E-state index in [1.807, 2.05) is 61.5 Å². The lowest BCUT2D eigenvalue weighted by molar-refractivity contribution is 0.249. The number of hydrogen-bond acceptors (Lipinski definition) is 2. The first-order valence-corrected chi connectivity index (χ1v) is 7.19. The highest BCUT2D eigenvalue weighted by Crippen LogP contribution is 2.23. The zero-order valence-corrected chi connectivity index (χ0v) is 12.3. The fourth-order valence-corrected chi connectivity index (χ4v) is 2.42. The van der Waals surface area contributed by atoms with Gasteiger partial charge in [-0.2, -0.15) is 0 Å². The number of benzene rings is 2. The summed E-state index contributed by atoms with van der Waals surface area (Å²) < 4.78 is 0. The van der Waals surface area contributed by atoms with E-state index in [1.54, 1.807) is 12.4 Å². The molecule has 0 saturated heterocycles. The van der Waals surface area contributed by atoms with Crippen LogP contribution < -0.4 is 10.6 Å². The highest BCUT2D eigenvalue weighted by molar-refractivity contribution is 6.01. The lowest BCUT2D eigenvalue weighted by Gasteiger charge is -2.15. The third-order valence-electron chi connectivity index (χ3n) is 3.59. The van der Waals surface area contributed by atoms with Gasteiger partial charge in [0, 0.05) is 17.8 Å². The van der Waals surface area contributed by atoms with Crippen molar-refractivity contribution in [3.05, 3.63) is 72.6 Å². The maximum Gasteiger partial charge on any atom is 0.319 e. The van der Waals surface area contributed by atoms with Gasteiger partial charge in [0.15, 0.2) is 0 Å². The Morgan fingerprint density at radius 1 is 1.00 bits per heavy atom. The SMILES string of the molecule is C[C@@H](NC(=O)Nc1cccc2ccccc12)c1ccncc1. The smallest absolute Gasteiger partial charge is 0.319 e. The molecule has 2 N–H and O–H groups in total. The van der Waals surface area contributed by atoms with Crippen molar-refractivity contribution in [1.82, 2.24) is 10.3 Å². The monoisotopic (exact) mass is 291 g/mol. The second kappa shape index (κ2) is 6.26. The number of amides is 2. The Bertz CT molecular complexity index is 781. The number of nitrogens with zero attached hydrogens (tertiary/aromatic N) is 1. The van der Waals surface area contributed by atoms with E-state index in [4.69, 9.17) is 0 Å². The van der Waals surface area contributed by atoms with Gasteiger partial charge in [-0.3, -0.25) is 4.98 Å². The van der Waals surface area contributed by atoms with Gasteiger partial charge >= 0.3 is 6.03 Å². The third-order valence-corrected chi connectivity index (χ3v) is 3.59. The van der Waals surface area contributed by atoms with Crippen molar-refractivity contribution in [3.63, 3.8) is 0 Å². The van der Waals surface area contributed by atoms with Gasteiger partial charge in [0.25, 0.3) is 0 Å². The van der Waals surface area contributed by atoms with E-state index in [0.29, 0.717) is 0 Å². The Labute approximate surface area is 129 Å². The summed E-state index contributed by atoms with van der Waals surface area (Å²) in [6.45, 7) is 1.94. The van der Waals surface area contributed by atoms with E-state index in [9.17, 15) is 4.79 Å². The Balaban J connectivity index is 1.74. The highest BCUT2D eigenvalue weighted by Gasteiger charge is 2.10. The molecular formula is C18H17N3O. The summed E-state index contributed by atoms with van der Waals surface area (Å²) in [4.78, 5) is 16.2. The number of carbonyl (C=O) groups excluding carboxylic acids is 1. The van der Waals surface area contributed by atoms with Gasteiger partial charge in [-0.25, -0.2) is 4.79 Å². The average molecular weight is 291 g/mol. The first kappa shape index (κ1) is 14.1. The fraction of sp³-hybridized carbons (Fsp3) is 0.111. The molecule has 0 fully saturated rings. The standard InChI is InChI=1S/C18H17N3O/c1-13(14-9-11-19-12-10-14)20-18(22)21-17-8-4-6-15-5-2-3-7-16(15)17/h2-13H,1H3,(H2,20,21,22)/t13-/m1/s1. The number of hydrogen-bond donors (Lipinski definition) is 2. The molecule has 0 bridgehead atoms. The van der Waals surface area contributed by atoms with Crippen LogP contribution in [0.1, 0.15) is 18.5 Å². The van der Waals surface area contributed by atoms with Gasteiger partial charge in [0.1, 0.15) is 0 Å². The number of carbonyl (C=O) groups is 1. The van der Waals surface area contributed by atoms with Gasteiger partial charge in [-0.15, -0.1) is 0 Å². The maximum atomic E-state index is 12.2. The van der Waals surface area contributed by atoms with Crippen LogP contribution in [0.5, 0.6) is 0 Å². The second-order valence-corrected chi connectivity index (χ2v) is 5.13. The number of urea groups is 1. The van der Waals surface area contributed by atoms with Crippen molar-refractivity contribution in [2.45, 2.75) is 13.0 Å². The molecule has 22 heavy (non-hydrogen) atoms. The number of nitrogens with one attached hydrogen (secondary N) is 2. The minimum atomic E-state index is -0.222. The summed E-state index contributed by atoms with van der Waals surface area (Å²) >= 11 is 0. The zero-order valence-electron chi connectivity index (χ0n) is 12.3. The van der Waals surface area contributed by atoms with E-state index >= 15 is 0 Å². The minimum Gasteiger partial charge on any atom is -0.331 e. The highest BCUT2D eigenvalue weighted by atomic mass is 16.2. The van der Waals surface area contributed by atoms with Crippen molar-refractivity contribution in [2.75, 3.05) is 5.32 Å². The van der Waals surface area contributed by atoms with E-state index < -0.39 is 0 Å². The molecule has 0 spiro atoms. The van der Waals surface area contributed by atoms with Crippen LogP contribution in [0.15, 0.2) is 67.0 Å². The molecule has 1 heterocycles. The Morgan fingerprint density at radius 3 is 2.55 bits per heavy atom. The first-order valence-electron chi connectivity index (χ1n) is 7.19. The van der Waals surface area contributed by atoms with Gasteiger partial charge < -0.3 is 10.6 Å². The lowest BCUT2D eigenvalue weighted by atomic mass is 10.1. The normalized spacial score (nSPS) is 11.9. The van der Waals surface area contributed by atoms with Crippen molar-refractivity contribution < 1.29 is 4.79 Å². The number of anilines is 1. The van der Waals surface area contributed by atoms with Crippen LogP contribution in [0.4, 0.5) is 10.5 Å². The van der Waals surface area contributed by atoms with Crippen molar-refractivity contribution >= 4 is 22.5 Å². The summed E-state index contributed by atoms with van der Waals surface area (Å²) in [6.07, 6.45) is 3.44. The van der Waals surface area contributed by atoms with Gasteiger partial charge in [0.05, 0.1) is 11.7 Å². The van der Waals surface area contributed by atoms with Gasteiger partial charge in [-0.05, 0) is 36.1 Å². The molecule has 2 amide bonds. The molecular weight excluding hydrogens is 274 g/mol.